The molecule has 5 nitrogen and oxygen atoms in total. The second-order valence-corrected chi connectivity index (χ2v) is 3.81. The van der Waals surface area contributed by atoms with E-state index in [9.17, 15) is 10.1 Å². The van der Waals surface area contributed by atoms with E-state index in [4.69, 9.17) is 2.74 Å². The molecule has 0 radical (unpaired) electrons. The number of nitro groups is 1. The zero-order valence-corrected chi connectivity index (χ0v) is 10.3. The highest BCUT2D eigenvalue weighted by Crippen LogP contribution is 2.13. The normalized spacial score (nSPS) is 12.6. The second-order valence-electron chi connectivity index (χ2n) is 3.81. The molecule has 0 aromatic heterocycles. The number of nitro benzene ring substituents is 1. The van der Waals surface area contributed by atoms with Crippen LogP contribution in [0.5, 0.6) is 0 Å². The summed E-state index contributed by atoms with van der Waals surface area (Å²) in [6.07, 6.45) is 0. The Morgan fingerprint density at radius 3 is 2.47 bits per heavy atom. The largest absolute Gasteiger partial charge is 0.278 e. The monoisotopic (exact) mass is 257 g/mol. The van der Waals surface area contributed by atoms with Crippen LogP contribution in [0.15, 0.2) is 59.7 Å². The van der Waals surface area contributed by atoms with E-state index in [-0.39, 0.29) is 23.3 Å². The second kappa shape index (κ2) is 5.77. The smallest absolute Gasteiger partial charge is 0.269 e. The average Bonchev–Trinajstić information content (AvgIpc) is 2.45. The van der Waals surface area contributed by atoms with Gasteiger partial charge < -0.3 is 0 Å². The molecule has 0 amide bonds. The summed E-state index contributed by atoms with van der Waals surface area (Å²) in [6, 6.07) is 11.3. The van der Waals surface area contributed by atoms with Crippen LogP contribution in [0.3, 0.4) is 0 Å². The molecule has 2 rings (SSSR count). The minimum atomic E-state index is -0.617. The third-order valence-corrected chi connectivity index (χ3v) is 2.43. The SMILES string of the molecule is [2H]c1cc([N+](=O)[O-])cc([2H])c1/C(C)=N/Nc1ccccc1. The molecule has 5 heteroatoms. The molecule has 0 aliphatic heterocycles. The number of para-hydroxylation sites is 1. The quantitative estimate of drug-likeness (QED) is 0.518. The summed E-state index contributed by atoms with van der Waals surface area (Å²) in [7, 11) is 0. The fourth-order valence-corrected chi connectivity index (χ4v) is 1.41. The first-order valence-corrected chi connectivity index (χ1v) is 5.60. The molecule has 0 fully saturated rings. The Labute approximate surface area is 113 Å². The van der Waals surface area contributed by atoms with Gasteiger partial charge in [-0.15, -0.1) is 0 Å². The standard InChI is InChI=1S/C14H13N3O2/c1-11(15-16-13-5-3-2-4-6-13)12-7-9-14(10-8-12)17(18)19/h2-10,16H,1H3/b15-11+/i7D,8D. The Balaban J connectivity index is 2.31. The van der Waals surface area contributed by atoms with E-state index in [2.05, 4.69) is 10.5 Å². The summed E-state index contributed by atoms with van der Waals surface area (Å²) in [5.74, 6) is 0. The first kappa shape index (κ1) is 10.3. The highest BCUT2D eigenvalue weighted by atomic mass is 16.6. The van der Waals surface area contributed by atoms with Crippen molar-refractivity contribution in [3.05, 3.63) is 70.2 Å². The summed E-state index contributed by atoms with van der Waals surface area (Å²) < 4.78 is 15.7. The van der Waals surface area contributed by atoms with Crippen molar-refractivity contribution in [3.63, 3.8) is 0 Å². The molecule has 2 aromatic rings. The molecule has 0 saturated carbocycles. The zero-order chi connectivity index (χ0) is 15.4. The van der Waals surface area contributed by atoms with Gasteiger partial charge in [0.1, 0.15) is 0 Å². The Bertz CT molecular complexity index is 680. The zero-order valence-electron chi connectivity index (χ0n) is 12.3. The van der Waals surface area contributed by atoms with Gasteiger partial charge in [0.2, 0.25) is 0 Å². The Hall–Kier alpha value is -2.69. The Morgan fingerprint density at radius 2 is 1.89 bits per heavy atom. The molecular formula is C14H13N3O2. The molecule has 0 aliphatic carbocycles. The fraction of sp³-hybridized carbons (Fsp3) is 0.0714. The number of benzene rings is 2. The van der Waals surface area contributed by atoms with Gasteiger partial charge in [-0.05, 0) is 36.7 Å². The predicted octanol–water partition coefficient (Wildman–Crippen LogP) is 3.43. The number of hydrogen-bond acceptors (Lipinski definition) is 4. The highest BCUT2D eigenvalue weighted by molar-refractivity contribution is 5.99. The molecule has 96 valence electrons. The lowest BCUT2D eigenvalue weighted by molar-refractivity contribution is -0.384. The summed E-state index contributed by atoms with van der Waals surface area (Å²) in [4.78, 5) is 10.1. The highest BCUT2D eigenvalue weighted by Gasteiger charge is 2.05. The Kier molecular flexibility index (Phi) is 3.11. The van der Waals surface area contributed by atoms with Crippen molar-refractivity contribution in [1.29, 1.82) is 0 Å². The van der Waals surface area contributed by atoms with Crippen LogP contribution in [-0.4, -0.2) is 10.6 Å². The maximum Gasteiger partial charge on any atom is 0.269 e. The third kappa shape index (κ3) is 3.38. The van der Waals surface area contributed by atoms with Gasteiger partial charge >= 0.3 is 0 Å². The fourth-order valence-electron chi connectivity index (χ4n) is 1.41. The van der Waals surface area contributed by atoms with E-state index in [0.717, 1.165) is 17.8 Å². The molecule has 1 N–H and O–H groups in total. The third-order valence-electron chi connectivity index (χ3n) is 2.43. The van der Waals surface area contributed by atoms with Crippen LogP contribution in [0, 0.1) is 10.1 Å². The number of nitrogens with one attached hydrogen (secondary N) is 1. The van der Waals surface area contributed by atoms with E-state index in [0.29, 0.717) is 5.71 Å². The molecule has 19 heavy (non-hydrogen) atoms. The van der Waals surface area contributed by atoms with Crippen LogP contribution in [0.1, 0.15) is 15.2 Å². The maximum absolute atomic E-state index is 10.7. The lowest BCUT2D eigenvalue weighted by atomic mass is 10.1. The van der Waals surface area contributed by atoms with E-state index < -0.39 is 4.92 Å². The van der Waals surface area contributed by atoms with Crippen LogP contribution in [0.4, 0.5) is 11.4 Å². The molecule has 0 spiro atoms. The molecular weight excluding hydrogens is 242 g/mol. The van der Waals surface area contributed by atoms with Crippen molar-refractivity contribution in [2.24, 2.45) is 5.10 Å². The van der Waals surface area contributed by atoms with Gasteiger partial charge in [0.05, 0.1) is 19.1 Å². The van der Waals surface area contributed by atoms with Gasteiger partial charge in [0.15, 0.2) is 0 Å². The van der Waals surface area contributed by atoms with Crippen molar-refractivity contribution in [2.75, 3.05) is 5.43 Å². The Morgan fingerprint density at radius 1 is 1.26 bits per heavy atom. The molecule has 0 heterocycles. The summed E-state index contributed by atoms with van der Waals surface area (Å²) >= 11 is 0. The molecule has 0 aliphatic rings. The van der Waals surface area contributed by atoms with E-state index >= 15 is 0 Å². The number of hydrogen-bond donors (Lipinski definition) is 1. The minimum Gasteiger partial charge on any atom is -0.278 e. The van der Waals surface area contributed by atoms with Crippen molar-refractivity contribution < 1.29 is 7.66 Å². The lowest BCUT2D eigenvalue weighted by Crippen LogP contribution is -1.99. The van der Waals surface area contributed by atoms with Gasteiger partial charge in [0, 0.05) is 12.1 Å². The van der Waals surface area contributed by atoms with Crippen LogP contribution < -0.4 is 5.43 Å². The predicted molar refractivity (Wildman–Crippen MR) is 75.4 cm³/mol. The van der Waals surface area contributed by atoms with Crippen LogP contribution in [0.2, 0.25) is 0 Å². The van der Waals surface area contributed by atoms with E-state index in [1.165, 1.54) is 0 Å². The number of nitrogens with zero attached hydrogens (tertiary/aromatic N) is 2. The molecule has 0 atom stereocenters. The molecule has 0 bridgehead atoms. The van der Waals surface area contributed by atoms with E-state index in [1.54, 1.807) is 6.92 Å². The number of non-ortho nitro benzene ring substituents is 1. The van der Waals surface area contributed by atoms with Gasteiger partial charge in [-0.25, -0.2) is 0 Å². The molecule has 2 aromatic carbocycles. The molecule has 0 saturated heterocycles. The number of anilines is 1. The minimum absolute atomic E-state index is 0.0923. The van der Waals surface area contributed by atoms with E-state index in [1.807, 2.05) is 30.3 Å². The van der Waals surface area contributed by atoms with Gasteiger partial charge in [-0.3, -0.25) is 15.5 Å². The van der Waals surface area contributed by atoms with Crippen molar-refractivity contribution in [1.82, 2.24) is 0 Å². The van der Waals surface area contributed by atoms with Gasteiger partial charge in [-0.2, -0.15) is 5.10 Å². The van der Waals surface area contributed by atoms with Gasteiger partial charge in [0.25, 0.3) is 5.69 Å². The number of rotatable bonds is 4. The summed E-state index contributed by atoms with van der Waals surface area (Å²) in [5.41, 5.74) is 4.02. The first-order valence-electron chi connectivity index (χ1n) is 6.60. The lowest BCUT2D eigenvalue weighted by Gasteiger charge is -2.03. The van der Waals surface area contributed by atoms with Crippen LogP contribution in [-0.2, 0) is 0 Å². The van der Waals surface area contributed by atoms with Crippen molar-refractivity contribution in [3.8, 4) is 0 Å². The van der Waals surface area contributed by atoms with Crippen molar-refractivity contribution >= 4 is 17.1 Å². The number of hydrazone groups is 1. The average molecular weight is 257 g/mol. The van der Waals surface area contributed by atoms with Crippen molar-refractivity contribution in [2.45, 2.75) is 6.92 Å². The van der Waals surface area contributed by atoms with Gasteiger partial charge in [-0.1, -0.05) is 18.2 Å². The topological polar surface area (TPSA) is 67.5 Å². The first-order chi connectivity index (χ1) is 9.99. The van der Waals surface area contributed by atoms with Crippen LogP contribution >= 0.6 is 0 Å². The maximum atomic E-state index is 10.7. The van der Waals surface area contributed by atoms with Crippen LogP contribution in [0.25, 0.3) is 0 Å². The molecule has 0 unspecified atom stereocenters. The summed E-state index contributed by atoms with van der Waals surface area (Å²) in [6.45, 7) is 1.65. The summed E-state index contributed by atoms with van der Waals surface area (Å²) in [5, 5.41) is 14.8.